The van der Waals surface area contributed by atoms with Crippen LogP contribution in [-0.2, 0) is 13.0 Å². The molecule has 2 aromatic rings. The number of hydrogen-bond acceptors (Lipinski definition) is 2. The highest BCUT2D eigenvalue weighted by Gasteiger charge is 2.17. The molecule has 1 aliphatic rings. The zero-order chi connectivity index (χ0) is 14.8. The summed E-state index contributed by atoms with van der Waals surface area (Å²) in [6.45, 7) is 3.77. The fourth-order valence-electron chi connectivity index (χ4n) is 2.91. The predicted octanol–water partition coefficient (Wildman–Crippen LogP) is 4.03. The summed E-state index contributed by atoms with van der Waals surface area (Å²) in [5, 5.41) is 0. The molecule has 0 spiro atoms. The van der Waals surface area contributed by atoms with Crippen molar-refractivity contribution in [1.82, 2.24) is 4.57 Å². The molecule has 4 heteroatoms. The first-order chi connectivity index (χ1) is 10.2. The molecule has 0 radical (unpaired) electrons. The number of fused-ring (bicyclic) bond motifs is 1. The predicted molar refractivity (Wildman–Crippen MR) is 88.7 cm³/mol. The Morgan fingerprint density at radius 2 is 2.29 bits per heavy atom. The summed E-state index contributed by atoms with van der Waals surface area (Å²) in [4.78, 5) is 0. The van der Waals surface area contributed by atoms with Gasteiger partial charge in [0, 0.05) is 34.9 Å². The minimum absolute atomic E-state index is 0.140. The minimum Gasteiger partial charge on any atom is -0.493 e. The van der Waals surface area contributed by atoms with Gasteiger partial charge in [-0.25, -0.2) is 0 Å². The quantitative estimate of drug-likeness (QED) is 0.885. The third-order valence-electron chi connectivity index (χ3n) is 3.98. The summed E-state index contributed by atoms with van der Waals surface area (Å²) >= 11 is 3.59. The van der Waals surface area contributed by atoms with Crippen LogP contribution >= 0.6 is 15.9 Å². The van der Waals surface area contributed by atoms with Gasteiger partial charge < -0.3 is 15.0 Å². The molecule has 2 heterocycles. The molecular weight excluding hydrogens is 328 g/mol. The number of hydrogen-bond donors (Lipinski definition) is 1. The van der Waals surface area contributed by atoms with Gasteiger partial charge in [-0.1, -0.05) is 29.3 Å². The van der Waals surface area contributed by atoms with Crippen LogP contribution in [0.3, 0.4) is 0 Å². The number of ether oxygens (including phenoxy) is 1. The van der Waals surface area contributed by atoms with E-state index < -0.39 is 0 Å². The lowest BCUT2D eigenvalue weighted by molar-refractivity contribution is 0.352. The Balaban J connectivity index is 1.81. The molecular formula is C17H21BrN2O. The summed E-state index contributed by atoms with van der Waals surface area (Å²) in [6.07, 6.45) is 7.40. The van der Waals surface area contributed by atoms with Crippen molar-refractivity contribution in [3.05, 3.63) is 51.8 Å². The maximum Gasteiger partial charge on any atom is 0.127 e. The number of nitrogens with zero attached hydrogens (tertiary/aromatic N) is 1. The molecule has 3 nitrogen and oxygen atoms in total. The van der Waals surface area contributed by atoms with Crippen LogP contribution in [0.25, 0.3) is 0 Å². The highest BCUT2D eigenvalue weighted by molar-refractivity contribution is 9.10. The maximum atomic E-state index is 6.18. The van der Waals surface area contributed by atoms with Crippen LogP contribution in [0.5, 0.6) is 5.75 Å². The van der Waals surface area contributed by atoms with Crippen molar-refractivity contribution in [1.29, 1.82) is 0 Å². The van der Waals surface area contributed by atoms with Crippen molar-refractivity contribution in [2.24, 2.45) is 5.73 Å². The molecule has 1 aromatic carbocycles. The van der Waals surface area contributed by atoms with Crippen molar-refractivity contribution in [2.75, 3.05) is 6.61 Å². The smallest absolute Gasteiger partial charge is 0.127 e. The molecule has 0 fully saturated rings. The van der Waals surface area contributed by atoms with E-state index in [0.717, 1.165) is 42.6 Å². The van der Waals surface area contributed by atoms with Gasteiger partial charge in [0.15, 0.2) is 0 Å². The number of benzene rings is 1. The molecule has 0 bridgehead atoms. The highest BCUT2D eigenvalue weighted by atomic mass is 79.9. The molecule has 2 N–H and O–H groups in total. The minimum atomic E-state index is 0.140. The van der Waals surface area contributed by atoms with E-state index in [9.17, 15) is 0 Å². The van der Waals surface area contributed by atoms with Gasteiger partial charge >= 0.3 is 0 Å². The summed E-state index contributed by atoms with van der Waals surface area (Å²) < 4.78 is 9.10. The zero-order valence-electron chi connectivity index (χ0n) is 12.3. The number of rotatable bonds is 5. The van der Waals surface area contributed by atoms with E-state index in [1.54, 1.807) is 0 Å². The van der Waals surface area contributed by atoms with Crippen LogP contribution in [0.4, 0.5) is 0 Å². The molecule has 0 amide bonds. The summed E-state index contributed by atoms with van der Waals surface area (Å²) in [5.74, 6) is 1.06. The van der Waals surface area contributed by atoms with Gasteiger partial charge in [-0.05, 0) is 35.7 Å². The van der Waals surface area contributed by atoms with Gasteiger partial charge in [-0.2, -0.15) is 0 Å². The van der Waals surface area contributed by atoms with E-state index in [1.807, 2.05) is 0 Å². The van der Waals surface area contributed by atoms with Crippen molar-refractivity contribution in [3.63, 3.8) is 0 Å². The molecule has 3 rings (SSSR count). The van der Waals surface area contributed by atoms with Gasteiger partial charge in [-0.3, -0.25) is 0 Å². The van der Waals surface area contributed by atoms with Crippen LogP contribution < -0.4 is 10.5 Å². The molecule has 0 saturated heterocycles. The Morgan fingerprint density at radius 3 is 3.10 bits per heavy atom. The Morgan fingerprint density at radius 1 is 1.43 bits per heavy atom. The van der Waals surface area contributed by atoms with Gasteiger partial charge in [0.1, 0.15) is 5.75 Å². The third-order valence-corrected chi connectivity index (χ3v) is 4.44. The van der Waals surface area contributed by atoms with Crippen LogP contribution in [-0.4, -0.2) is 11.2 Å². The topological polar surface area (TPSA) is 40.2 Å². The fourth-order valence-corrected chi connectivity index (χ4v) is 3.47. The maximum absolute atomic E-state index is 6.18. The fraction of sp³-hybridized carbons (Fsp3) is 0.412. The van der Waals surface area contributed by atoms with Crippen molar-refractivity contribution in [2.45, 2.75) is 38.8 Å². The summed E-state index contributed by atoms with van der Waals surface area (Å²) in [7, 11) is 0. The Hall–Kier alpha value is -1.26. The van der Waals surface area contributed by atoms with Crippen molar-refractivity contribution < 1.29 is 4.74 Å². The van der Waals surface area contributed by atoms with E-state index in [2.05, 4.69) is 58.0 Å². The SMILES string of the molecule is CCCC(N)c1ccn(Cc2cc(Br)cc3c2OCC3)c1. The van der Waals surface area contributed by atoms with Crippen LogP contribution in [0.1, 0.15) is 42.5 Å². The number of halogens is 1. The first-order valence-electron chi connectivity index (χ1n) is 7.52. The number of aromatic nitrogens is 1. The van der Waals surface area contributed by atoms with E-state index in [-0.39, 0.29) is 6.04 Å². The second-order valence-corrected chi connectivity index (χ2v) is 6.58. The Bertz CT molecular complexity index is 636. The number of nitrogens with two attached hydrogens (primary N) is 1. The third kappa shape index (κ3) is 3.16. The molecule has 1 unspecified atom stereocenters. The average Bonchev–Trinajstić information content (AvgIpc) is 3.07. The van der Waals surface area contributed by atoms with Gasteiger partial charge in [0.05, 0.1) is 13.2 Å². The molecule has 1 aromatic heterocycles. The second-order valence-electron chi connectivity index (χ2n) is 5.66. The molecule has 0 saturated carbocycles. The average molecular weight is 349 g/mol. The highest BCUT2D eigenvalue weighted by Crippen LogP contribution is 2.33. The molecule has 112 valence electrons. The lowest BCUT2D eigenvalue weighted by atomic mass is 10.1. The summed E-state index contributed by atoms with van der Waals surface area (Å²) in [5.41, 5.74) is 9.92. The van der Waals surface area contributed by atoms with Crippen LogP contribution in [0.15, 0.2) is 35.1 Å². The van der Waals surface area contributed by atoms with E-state index in [1.165, 1.54) is 16.7 Å². The second kappa shape index (κ2) is 6.24. The van der Waals surface area contributed by atoms with Gasteiger partial charge in [0.25, 0.3) is 0 Å². The lowest BCUT2D eigenvalue weighted by Crippen LogP contribution is -2.08. The Labute approximate surface area is 134 Å². The summed E-state index contributed by atoms with van der Waals surface area (Å²) in [6, 6.07) is 6.57. The van der Waals surface area contributed by atoms with E-state index in [0.29, 0.717) is 0 Å². The first kappa shape index (κ1) is 14.7. The zero-order valence-corrected chi connectivity index (χ0v) is 13.9. The normalized spacial score (nSPS) is 14.8. The Kier molecular flexibility index (Phi) is 4.36. The monoisotopic (exact) mass is 348 g/mol. The van der Waals surface area contributed by atoms with Crippen LogP contribution in [0, 0.1) is 0 Å². The first-order valence-corrected chi connectivity index (χ1v) is 8.32. The van der Waals surface area contributed by atoms with Crippen molar-refractivity contribution in [3.8, 4) is 5.75 Å². The van der Waals surface area contributed by atoms with E-state index in [4.69, 9.17) is 10.5 Å². The van der Waals surface area contributed by atoms with Gasteiger partial charge in [-0.15, -0.1) is 0 Å². The lowest BCUT2D eigenvalue weighted by Gasteiger charge is -2.11. The van der Waals surface area contributed by atoms with Crippen LogP contribution in [0.2, 0.25) is 0 Å². The van der Waals surface area contributed by atoms with Crippen molar-refractivity contribution >= 4 is 15.9 Å². The standard InChI is InChI=1S/C17H21BrN2O/c1-2-3-16(19)13-4-6-20(10-13)11-14-9-15(18)8-12-5-7-21-17(12)14/h4,6,8-10,16H,2-3,5,7,11,19H2,1H3. The molecule has 21 heavy (non-hydrogen) atoms. The molecule has 1 aliphatic heterocycles. The molecule has 0 aliphatic carbocycles. The largest absolute Gasteiger partial charge is 0.493 e. The van der Waals surface area contributed by atoms with E-state index >= 15 is 0 Å². The van der Waals surface area contributed by atoms with Gasteiger partial charge in [0.2, 0.25) is 0 Å². The molecule has 1 atom stereocenters.